The van der Waals surface area contributed by atoms with Crippen LogP contribution in [0.1, 0.15) is 25.1 Å². The number of hydrogen-bond acceptors (Lipinski definition) is 2. The van der Waals surface area contributed by atoms with Gasteiger partial charge in [-0.1, -0.05) is 62.5 Å². The summed E-state index contributed by atoms with van der Waals surface area (Å²) >= 11 is 0. The second-order valence-corrected chi connectivity index (χ2v) is 7.83. The molecule has 0 fully saturated rings. The molecule has 1 aliphatic carbocycles. The molecule has 0 N–H and O–H groups in total. The summed E-state index contributed by atoms with van der Waals surface area (Å²) < 4.78 is 0. The Morgan fingerprint density at radius 1 is 0.821 bits per heavy atom. The average molecular weight is 538 g/mol. The molecule has 0 atom stereocenters. The monoisotopic (exact) mass is 538 g/mol. The molecule has 0 bridgehead atoms. The third-order valence-corrected chi connectivity index (χ3v) is 6.01. The van der Waals surface area contributed by atoms with Crippen LogP contribution in [0.2, 0.25) is 0 Å². The largest absolute Gasteiger partial charge is 0.356 e. The molecule has 0 saturated heterocycles. The molecular formula is C25H17IrN2-. The Hall–Kier alpha value is -2.61. The Morgan fingerprint density at radius 2 is 1.68 bits per heavy atom. The fraction of sp³-hybridized carbons (Fsp3) is 0.120. The number of aromatic nitrogens is 2. The number of nitrogens with zero attached hydrogens (tertiary/aromatic N) is 2. The summed E-state index contributed by atoms with van der Waals surface area (Å²) in [4.78, 5) is 9.47. The molecule has 1 radical (unpaired) electrons. The molecule has 0 amide bonds. The molecule has 6 rings (SSSR count). The number of pyridine rings is 2. The van der Waals surface area contributed by atoms with Crippen LogP contribution in [0.25, 0.3) is 43.6 Å². The number of rotatable bonds is 0. The third kappa shape index (κ3) is 2.12. The molecule has 2 aromatic heterocycles. The van der Waals surface area contributed by atoms with E-state index < -0.39 is 0 Å². The Kier molecular flexibility index (Phi) is 3.71. The average Bonchev–Trinajstić information content (AvgIpc) is 2.71. The molecule has 5 aromatic rings. The molecule has 3 heteroatoms. The fourth-order valence-electron chi connectivity index (χ4n) is 4.69. The number of hydrogen-bond donors (Lipinski definition) is 0. The van der Waals surface area contributed by atoms with Crippen molar-refractivity contribution in [3.05, 3.63) is 84.3 Å². The van der Waals surface area contributed by atoms with Gasteiger partial charge >= 0.3 is 0 Å². The van der Waals surface area contributed by atoms with E-state index in [0.29, 0.717) is 0 Å². The summed E-state index contributed by atoms with van der Waals surface area (Å²) in [6, 6.07) is 22.9. The van der Waals surface area contributed by atoms with E-state index in [2.05, 4.69) is 68.4 Å². The second-order valence-electron chi connectivity index (χ2n) is 7.83. The first kappa shape index (κ1) is 17.5. The predicted octanol–water partition coefficient (Wildman–Crippen LogP) is 6.04. The standard InChI is InChI=1S/C25H17N2.Ir/c1-25(2)21-14-20-16-7-4-3-6-15(16)9-10-17(20)18-11-13-26-23(22(18)21)19-8-5-12-27-24(19)25;/h3-7,9-14H,1-2H3;/q-1;. The number of benzene rings is 3. The molecule has 3 aromatic carbocycles. The van der Waals surface area contributed by atoms with Crippen molar-refractivity contribution in [1.29, 1.82) is 0 Å². The van der Waals surface area contributed by atoms with Crippen molar-refractivity contribution < 1.29 is 20.1 Å². The summed E-state index contributed by atoms with van der Waals surface area (Å²) in [5.74, 6) is 0. The molecule has 2 heterocycles. The van der Waals surface area contributed by atoms with E-state index in [0.717, 1.165) is 17.0 Å². The van der Waals surface area contributed by atoms with Crippen molar-refractivity contribution in [1.82, 2.24) is 9.97 Å². The summed E-state index contributed by atoms with van der Waals surface area (Å²) in [7, 11) is 0. The van der Waals surface area contributed by atoms with Crippen molar-refractivity contribution in [3.8, 4) is 11.3 Å². The van der Waals surface area contributed by atoms with Crippen molar-refractivity contribution in [2.45, 2.75) is 19.3 Å². The van der Waals surface area contributed by atoms with E-state index in [9.17, 15) is 0 Å². The Morgan fingerprint density at radius 3 is 2.57 bits per heavy atom. The van der Waals surface area contributed by atoms with Crippen LogP contribution >= 0.6 is 0 Å². The Labute approximate surface area is 177 Å². The van der Waals surface area contributed by atoms with E-state index >= 15 is 0 Å². The molecule has 1 aliphatic rings. The normalized spacial score (nSPS) is 14.1. The van der Waals surface area contributed by atoms with Gasteiger partial charge in [-0.25, -0.2) is 0 Å². The van der Waals surface area contributed by atoms with Gasteiger partial charge in [0.1, 0.15) is 0 Å². The van der Waals surface area contributed by atoms with E-state index in [1.165, 1.54) is 37.9 Å². The predicted molar refractivity (Wildman–Crippen MR) is 111 cm³/mol. The molecule has 28 heavy (non-hydrogen) atoms. The summed E-state index contributed by atoms with van der Waals surface area (Å²) in [6.45, 7) is 4.52. The first-order chi connectivity index (χ1) is 13.2. The van der Waals surface area contributed by atoms with Gasteiger partial charge in [0.05, 0.1) is 0 Å². The van der Waals surface area contributed by atoms with Crippen molar-refractivity contribution in [2.24, 2.45) is 0 Å². The van der Waals surface area contributed by atoms with Crippen LogP contribution < -0.4 is 0 Å². The fourth-order valence-corrected chi connectivity index (χ4v) is 4.69. The third-order valence-electron chi connectivity index (χ3n) is 6.01. The van der Waals surface area contributed by atoms with E-state index in [4.69, 9.17) is 9.97 Å². The van der Waals surface area contributed by atoms with E-state index in [-0.39, 0.29) is 25.5 Å². The van der Waals surface area contributed by atoms with Gasteiger partial charge in [0, 0.05) is 26.3 Å². The van der Waals surface area contributed by atoms with Gasteiger partial charge in [-0.2, -0.15) is 0 Å². The van der Waals surface area contributed by atoms with E-state index in [1.807, 2.05) is 18.5 Å². The molecule has 2 nitrogen and oxygen atoms in total. The minimum Gasteiger partial charge on any atom is -0.356 e. The Bertz CT molecular complexity index is 1400. The zero-order valence-electron chi connectivity index (χ0n) is 15.6. The molecular weight excluding hydrogens is 521 g/mol. The van der Waals surface area contributed by atoms with Crippen LogP contribution in [0.4, 0.5) is 0 Å². The van der Waals surface area contributed by atoms with Crippen molar-refractivity contribution in [2.75, 3.05) is 0 Å². The van der Waals surface area contributed by atoms with Crippen LogP contribution in [0.5, 0.6) is 0 Å². The summed E-state index contributed by atoms with van der Waals surface area (Å²) in [5.41, 5.74) is 4.17. The smallest absolute Gasteiger partial charge is 0.0167 e. The van der Waals surface area contributed by atoms with E-state index in [1.54, 1.807) is 0 Å². The zero-order valence-corrected chi connectivity index (χ0v) is 18.0. The van der Waals surface area contributed by atoms with Crippen LogP contribution in [0.15, 0.2) is 67.0 Å². The SMILES string of the molecule is CC1(C)c2ncc[c-]c2-c2nccc3c2c1cc1c2ccccc2ccc31.[Ir]. The number of fused-ring (bicyclic) bond motifs is 6. The quantitative estimate of drug-likeness (QED) is 0.178. The summed E-state index contributed by atoms with van der Waals surface area (Å²) in [6.07, 6.45) is 3.75. The molecule has 137 valence electrons. The van der Waals surface area contributed by atoms with Gasteiger partial charge in [0.15, 0.2) is 0 Å². The maximum Gasteiger partial charge on any atom is 0.0167 e. The van der Waals surface area contributed by atoms with Gasteiger partial charge in [-0.05, 0) is 60.8 Å². The van der Waals surface area contributed by atoms with Crippen LogP contribution in [0, 0.1) is 6.07 Å². The van der Waals surface area contributed by atoms with Gasteiger partial charge in [-0.15, -0.1) is 17.7 Å². The maximum absolute atomic E-state index is 4.74. The van der Waals surface area contributed by atoms with Crippen LogP contribution in [-0.2, 0) is 25.5 Å². The van der Waals surface area contributed by atoms with Gasteiger partial charge in [-0.3, -0.25) is 0 Å². The Balaban J connectivity index is 0.00000171. The summed E-state index contributed by atoms with van der Waals surface area (Å²) in [5, 5.41) is 7.63. The molecule has 0 aliphatic heterocycles. The first-order valence-electron chi connectivity index (χ1n) is 9.27. The maximum atomic E-state index is 4.74. The zero-order chi connectivity index (χ0) is 18.2. The second kappa shape index (κ2) is 5.94. The minimum absolute atomic E-state index is 0. The molecule has 0 saturated carbocycles. The van der Waals surface area contributed by atoms with Crippen molar-refractivity contribution in [3.63, 3.8) is 0 Å². The van der Waals surface area contributed by atoms with Gasteiger partial charge in [0.25, 0.3) is 0 Å². The van der Waals surface area contributed by atoms with Crippen LogP contribution in [-0.4, -0.2) is 9.97 Å². The van der Waals surface area contributed by atoms with Gasteiger partial charge in [0.2, 0.25) is 0 Å². The van der Waals surface area contributed by atoms with Gasteiger partial charge < -0.3 is 9.97 Å². The topological polar surface area (TPSA) is 25.8 Å². The first-order valence-corrected chi connectivity index (χ1v) is 9.27. The van der Waals surface area contributed by atoms with Crippen LogP contribution in [0.3, 0.4) is 0 Å². The van der Waals surface area contributed by atoms with Crippen molar-refractivity contribution >= 4 is 32.3 Å². The molecule has 0 spiro atoms. The minimum atomic E-state index is -0.202. The molecule has 0 unspecified atom stereocenters.